The van der Waals surface area contributed by atoms with Gasteiger partial charge in [-0.2, -0.15) is 0 Å². The molecule has 0 heterocycles. The van der Waals surface area contributed by atoms with Crippen molar-refractivity contribution in [1.82, 2.24) is 5.32 Å². The molecule has 1 rings (SSSR count). The van der Waals surface area contributed by atoms with E-state index < -0.39 is 3.23 Å². The fourth-order valence-electron chi connectivity index (χ4n) is 1.17. The summed E-state index contributed by atoms with van der Waals surface area (Å²) < 4.78 is 4.26. The third kappa shape index (κ3) is 6.19. The molecule has 0 amide bonds. The second kappa shape index (κ2) is 7.13. The molecule has 0 saturated carbocycles. The maximum atomic E-state index is 11.4. The number of carbonyl (C=O) groups is 1. The molecule has 94 valence electrons. The molecule has 17 heavy (non-hydrogen) atoms. The standard InChI is InChI=1S/C12H15Br2NO2/c1-12(13,14)11(16)17-8-7-15-9-10-5-3-2-4-6-10/h2-6,15H,7-9H2,1H3. The van der Waals surface area contributed by atoms with E-state index in [1.165, 1.54) is 5.56 Å². The first-order valence-electron chi connectivity index (χ1n) is 5.30. The molecule has 1 N–H and O–H groups in total. The highest BCUT2D eigenvalue weighted by molar-refractivity contribution is 9.25. The van der Waals surface area contributed by atoms with Crippen LogP contribution in [0.3, 0.4) is 0 Å². The molecule has 0 aliphatic carbocycles. The van der Waals surface area contributed by atoms with Crippen molar-refractivity contribution < 1.29 is 9.53 Å². The van der Waals surface area contributed by atoms with Crippen LogP contribution in [-0.4, -0.2) is 22.4 Å². The van der Waals surface area contributed by atoms with Crippen LogP contribution < -0.4 is 5.32 Å². The number of esters is 1. The van der Waals surface area contributed by atoms with Crippen LogP contribution in [0.1, 0.15) is 12.5 Å². The molecule has 5 heteroatoms. The van der Waals surface area contributed by atoms with Gasteiger partial charge in [0.1, 0.15) is 6.61 Å². The molecule has 0 aliphatic heterocycles. The summed E-state index contributed by atoms with van der Waals surface area (Å²) in [6.45, 7) is 3.46. The number of nitrogens with one attached hydrogen (secondary N) is 1. The van der Waals surface area contributed by atoms with E-state index in [4.69, 9.17) is 4.74 Å². The van der Waals surface area contributed by atoms with E-state index in [2.05, 4.69) is 37.2 Å². The lowest BCUT2D eigenvalue weighted by atomic mass is 10.2. The molecule has 0 unspecified atom stereocenters. The van der Waals surface area contributed by atoms with Gasteiger partial charge in [0.05, 0.1) is 0 Å². The minimum absolute atomic E-state index is 0.320. The molecule has 0 saturated heterocycles. The van der Waals surface area contributed by atoms with Crippen molar-refractivity contribution in [2.24, 2.45) is 0 Å². The predicted octanol–water partition coefficient (Wildman–Crippen LogP) is 2.83. The third-order valence-electron chi connectivity index (χ3n) is 2.04. The van der Waals surface area contributed by atoms with E-state index in [1.54, 1.807) is 6.92 Å². The number of alkyl halides is 2. The Bertz CT molecular complexity index is 349. The molecule has 1 aromatic rings. The second-order valence-corrected chi connectivity index (χ2v) is 7.92. The Balaban J connectivity index is 2.12. The summed E-state index contributed by atoms with van der Waals surface area (Å²) in [5.74, 6) is -0.320. The van der Waals surface area contributed by atoms with E-state index >= 15 is 0 Å². The molecule has 0 aliphatic rings. The second-order valence-electron chi connectivity index (χ2n) is 3.69. The summed E-state index contributed by atoms with van der Waals surface area (Å²) in [6, 6.07) is 10.1. The third-order valence-corrected chi connectivity index (χ3v) is 2.69. The van der Waals surface area contributed by atoms with Crippen LogP contribution in [0.2, 0.25) is 0 Å². The largest absolute Gasteiger partial charge is 0.463 e. The van der Waals surface area contributed by atoms with Crippen molar-refractivity contribution in [2.75, 3.05) is 13.2 Å². The Kier molecular flexibility index (Phi) is 6.16. The Morgan fingerprint density at radius 2 is 2.00 bits per heavy atom. The fraction of sp³-hybridized carbons (Fsp3) is 0.417. The summed E-state index contributed by atoms with van der Waals surface area (Å²) >= 11 is 6.34. The number of carbonyl (C=O) groups excluding carboxylic acids is 1. The van der Waals surface area contributed by atoms with Gasteiger partial charge in [-0.05, 0) is 12.5 Å². The molecule has 0 aromatic heterocycles. The van der Waals surface area contributed by atoms with E-state index in [1.807, 2.05) is 30.3 Å². The predicted molar refractivity (Wildman–Crippen MR) is 75.4 cm³/mol. The molecule has 0 fully saturated rings. The van der Waals surface area contributed by atoms with Crippen LogP contribution in [0.25, 0.3) is 0 Å². The number of hydrogen-bond donors (Lipinski definition) is 1. The number of halogens is 2. The summed E-state index contributed by atoms with van der Waals surface area (Å²) in [5.41, 5.74) is 1.21. The lowest BCUT2D eigenvalue weighted by Crippen LogP contribution is -2.27. The molecule has 1 aromatic carbocycles. The first kappa shape index (κ1) is 14.7. The molecule has 0 radical (unpaired) electrons. The summed E-state index contributed by atoms with van der Waals surface area (Å²) in [5, 5.41) is 3.20. The van der Waals surface area contributed by atoms with Crippen LogP contribution in [-0.2, 0) is 16.1 Å². The van der Waals surface area contributed by atoms with Crippen LogP contribution in [0.15, 0.2) is 30.3 Å². The monoisotopic (exact) mass is 363 g/mol. The highest BCUT2D eigenvalue weighted by Crippen LogP contribution is 2.26. The highest BCUT2D eigenvalue weighted by Gasteiger charge is 2.27. The zero-order chi connectivity index (χ0) is 12.7. The average Bonchev–Trinajstić information content (AvgIpc) is 2.28. The topological polar surface area (TPSA) is 38.3 Å². The normalized spacial score (nSPS) is 11.2. The van der Waals surface area contributed by atoms with E-state index in [0.29, 0.717) is 13.2 Å². The maximum Gasteiger partial charge on any atom is 0.333 e. The van der Waals surface area contributed by atoms with Crippen molar-refractivity contribution >= 4 is 37.8 Å². The van der Waals surface area contributed by atoms with Crippen LogP contribution >= 0.6 is 31.9 Å². The number of benzene rings is 1. The molecular weight excluding hydrogens is 350 g/mol. The summed E-state index contributed by atoms with van der Waals surface area (Å²) in [4.78, 5) is 11.4. The minimum Gasteiger partial charge on any atom is -0.463 e. The first-order chi connectivity index (χ1) is 8.00. The molecule has 0 bridgehead atoms. The Morgan fingerprint density at radius 1 is 1.35 bits per heavy atom. The van der Waals surface area contributed by atoms with Gasteiger partial charge in [-0.15, -0.1) is 0 Å². The van der Waals surface area contributed by atoms with Gasteiger partial charge in [0.2, 0.25) is 0 Å². The molecule has 3 nitrogen and oxygen atoms in total. The summed E-state index contributed by atoms with van der Waals surface area (Å²) in [6.07, 6.45) is 0. The van der Waals surface area contributed by atoms with Crippen LogP contribution in [0.4, 0.5) is 0 Å². The minimum atomic E-state index is -0.792. The zero-order valence-electron chi connectivity index (χ0n) is 9.58. The lowest BCUT2D eigenvalue weighted by Gasteiger charge is -2.13. The number of ether oxygens (including phenoxy) is 1. The smallest absolute Gasteiger partial charge is 0.333 e. The molecule has 0 spiro atoms. The van der Waals surface area contributed by atoms with Crippen LogP contribution in [0.5, 0.6) is 0 Å². The molecular formula is C12H15Br2NO2. The zero-order valence-corrected chi connectivity index (χ0v) is 12.8. The maximum absolute atomic E-state index is 11.4. The van der Waals surface area contributed by atoms with Crippen molar-refractivity contribution in [3.63, 3.8) is 0 Å². The van der Waals surface area contributed by atoms with E-state index in [0.717, 1.165) is 6.54 Å². The quantitative estimate of drug-likeness (QED) is 0.479. The Morgan fingerprint density at radius 3 is 2.59 bits per heavy atom. The van der Waals surface area contributed by atoms with Crippen LogP contribution in [0, 0.1) is 0 Å². The van der Waals surface area contributed by atoms with Gasteiger partial charge < -0.3 is 10.1 Å². The van der Waals surface area contributed by atoms with Gasteiger partial charge >= 0.3 is 5.97 Å². The molecule has 0 atom stereocenters. The van der Waals surface area contributed by atoms with Crippen molar-refractivity contribution in [3.8, 4) is 0 Å². The summed E-state index contributed by atoms with van der Waals surface area (Å²) in [7, 11) is 0. The average molecular weight is 365 g/mol. The van der Waals surface area contributed by atoms with Crippen molar-refractivity contribution in [3.05, 3.63) is 35.9 Å². The number of hydrogen-bond acceptors (Lipinski definition) is 3. The number of rotatable bonds is 6. The van der Waals surface area contributed by atoms with Gasteiger partial charge in [0.25, 0.3) is 0 Å². The highest BCUT2D eigenvalue weighted by atomic mass is 79.9. The van der Waals surface area contributed by atoms with Crippen molar-refractivity contribution in [2.45, 2.75) is 16.7 Å². The Labute approximate surface area is 118 Å². The van der Waals surface area contributed by atoms with E-state index in [-0.39, 0.29) is 5.97 Å². The lowest BCUT2D eigenvalue weighted by molar-refractivity contribution is -0.143. The van der Waals surface area contributed by atoms with Gasteiger partial charge in [0.15, 0.2) is 3.23 Å². The van der Waals surface area contributed by atoms with Gasteiger partial charge in [-0.25, -0.2) is 4.79 Å². The SMILES string of the molecule is CC(Br)(Br)C(=O)OCCNCc1ccccc1. The van der Waals surface area contributed by atoms with Gasteiger partial charge in [-0.3, -0.25) is 0 Å². The van der Waals surface area contributed by atoms with E-state index in [9.17, 15) is 4.79 Å². The van der Waals surface area contributed by atoms with Crippen molar-refractivity contribution in [1.29, 1.82) is 0 Å². The van der Waals surface area contributed by atoms with Gasteiger partial charge in [0, 0.05) is 13.1 Å². The fourth-order valence-corrected chi connectivity index (χ4v) is 1.40. The Hall–Kier alpha value is -0.390. The van der Waals surface area contributed by atoms with Gasteiger partial charge in [-0.1, -0.05) is 62.2 Å². The first-order valence-corrected chi connectivity index (χ1v) is 6.88.